The molecule has 0 amide bonds. The van der Waals surface area contributed by atoms with Crippen LogP contribution in [0.3, 0.4) is 0 Å². The minimum Gasteiger partial charge on any atom is -1.00 e. The normalized spacial score (nSPS) is 14.3. The molecule has 0 heterocycles. The maximum Gasteiger partial charge on any atom is -1.00 e. The molecule has 3 aromatic carbocycles. The average Bonchev–Trinajstić information content (AvgIpc) is 2.92. The Morgan fingerprint density at radius 1 is 0.714 bits per heavy atom. The van der Waals surface area contributed by atoms with Crippen LogP contribution in [-0.4, -0.2) is 0 Å². The molecule has 0 aliphatic heterocycles. The van der Waals surface area contributed by atoms with E-state index in [1.807, 2.05) is 0 Å². The summed E-state index contributed by atoms with van der Waals surface area (Å²) in [4.78, 5) is 0. The van der Waals surface area contributed by atoms with Crippen molar-refractivity contribution in [3.8, 4) is 0 Å². The maximum absolute atomic E-state index is 2.36. The van der Waals surface area contributed by atoms with Gasteiger partial charge < -0.3 is 37.2 Å². The molecule has 0 nitrogen and oxygen atoms in total. The third kappa shape index (κ3) is 4.93. The van der Waals surface area contributed by atoms with Gasteiger partial charge in [0, 0.05) is 0 Å². The smallest absolute Gasteiger partial charge is 1.00 e. The zero-order valence-electron chi connectivity index (χ0n) is 15.8. The molecule has 1 aliphatic carbocycles. The van der Waals surface area contributed by atoms with E-state index in [-0.39, 0.29) is 37.2 Å². The van der Waals surface area contributed by atoms with Gasteiger partial charge in [-0.3, -0.25) is 0 Å². The fourth-order valence-electron chi connectivity index (χ4n) is 4.01. The van der Waals surface area contributed by atoms with Gasteiger partial charge in [-0.25, -0.2) is 0 Å². The van der Waals surface area contributed by atoms with Crippen molar-refractivity contribution < 1.29 is 57.7 Å². The quantitative estimate of drug-likeness (QED) is 0.367. The minimum atomic E-state index is 0. The van der Waals surface area contributed by atoms with Crippen LogP contribution >= 0.6 is 0 Å². The molecule has 0 saturated heterocycles. The van der Waals surface area contributed by atoms with Crippen LogP contribution < -0.4 is 37.2 Å². The number of halogens is 3. The Labute approximate surface area is 198 Å². The number of aryl methyl sites for hydroxylation is 2. The first-order valence-corrected chi connectivity index (χ1v) is 9.57. The van der Waals surface area contributed by atoms with Gasteiger partial charge in [-0.1, -0.05) is 0 Å². The Bertz CT molecular complexity index is 920. The van der Waals surface area contributed by atoms with Crippen molar-refractivity contribution in [1.82, 2.24) is 0 Å². The summed E-state index contributed by atoms with van der Waals surface area (Å²) < 4.78 is 1.45. The van der Waals surface area contributed by atoms with Crippen molar-refractivity contribution in [3.63, 3.8) is 0 Å². The van der Waals surface area contributed by atoms with Gasteiger partial charge >= 0.3 is 162 Å². The minimum absolute atomic E-state index is 0. The summed E-state index contributed by atoms with van der Waals surface area (Å²) in [7, 11) is 0. The Morgan fingerprint density at radius 2 is 1.25 bits per heavy atom. The van der Waals surface area contributed by atoms with Crippen molar-refractivity contribution in [3.05, 3.63) is 110 Å². The van der Waals surface area contributed by atoms with E-state index in [0.29, 0.717) is 11.8 Å². The number of fused-ring (bicyclic) bond motifs is 1. The summed E-state index contributed by atoms with van der Waals surface area (Å²) in [6.45, 7) is 4.37. The number of rotatable bonds is 3. The van der Waals surface area contributed by atoms with Crippen LogP contribution in [0.1, 0.15) is 45.2 Å². The molecule has 142 valence electrons. The van der Waals surface area contributed by atoms with Crippen LogP contribution in [0.5, 0.6) is 0 Å². The molecule has 4 heteroatoms. The second-order valence-electron chi connectivity index (χ2n) is 7.01. The summed E-state index contributed by atoms with van der Waals surface area (Å²) in [5.74, 6) is 0.750. The molecular formula is C24H21Cl3Ti. The molecule has 4 rings (SSSR count). The molecule has 28 heavy (non-hydrogen) atoms. The maximum atomic E-state index is 2.36. The third-order valence-corrected chi connectivity index (χ3v) is 5.82. The molecule has 0 saturated carbocycles. The predicted octanol–water partition coefficient (Wildman–Crippen LogP) is -2.87. The molecule has 0 spiro atoms. The van der Waals surface area contributed by atoms with Crippen LogP contribution in [0.2, 0.25) is 0 Å². The number of hydrogen-bond acceptors (Lipinski definition) is 0. The van der Waals surface area contributed by atoms with E-state index in [4.69, 9.17) is 0 Å². The predicted molar refractivity (Wildman–Crippen MR) is 101 cm³/mol. The van der Waals surface area contributed by atoms with E-state index in [2.05, 4.69) is 113 Å². The van der Waals surface area contributed by atoms with Gasteiger partial charge in [-0.15, -0.1) is 0 Å². The number of allylic oxidation sites excluding steroid dienone is 1. The molecule has 0 radical (unpaired) electrons. The van der Waals surface area contributed by atoms with Gasteiger partial charge in [0.15, 0.2) is 0 Å². The molecule has 0 N–H and O–H groups in total. The molecule has 1 aliphatic rings. The molecule has 0 bridgehead atoms. The van der Waals surface area contributed by atoms with E-state index >= 15 is 0 Å². The van der Waals surface area contributed by atoms with Crippen molar-refractivity contribution in [2.24, 2.45) is 0 Å². The fraction of sp³-hybridized carbons (Fsp3) is 0.167. The van der Waals surface area contributed by atoms with Crippen molar-refractivity contribution in [2.45, 2.75) is 25.7 Å². The average molecular weight is 464 g/mol. The Kier molecular flexibility index (Phi) is 9.54. The number of hydrogen-bond donors (Lipinski definition) is 0. The Morgan fingerprint density at radius 3 is 1.79 bits per heavy atom. The SMILES string of the molecule is Cc1cccc(C(c2cccc(C)c2)C2[C]([Ti+3])=Cc3ccccc32)c1.[Cl-].[Cl-].[Cl-]. The molecule has 0 aromatic heterocycles. The number of benzene rings is 3. The Balaban J connectivity index is 0.00000131. The van der Waals surface area contributed by atoms with Crippen LogP contribution in [0.4, 0.5) is 0 Å². The van der Waals surface area contributed by atoms with Crippen molar-refractivity contribution in [1.29, 1.82) is 0 Å². The molecule has 1 atom stereocenters. The van der Waals surface area contributed by atoms with Gasteiger partial charge in [0.1, 0.15) is 0 Å². The van der Waals surface area contributed by atoms with Crippen LogP contribution in [0.15, 0.2) is 76.7 Å². The molecule has 1 unspecified atom stereocenters. The van der Waals surface area contributed by atoms with Crippen LogP contribution in [0.25, 0.3) is 6.08 Å². The van der Waals surface area contributed by atoms with Gasteiger partial charge in [-0.05, 0) is 0 Å². The third-order valence-electron chi connectivity index (χ3n) is 5.11. The van der Waals surface area contributed by atoms with E-state index in [1.54, 1.807) is 0 Å². The van der Waals surface area contributed by atoms with Gasteiger partial charge in [-0.2, -0.15) is 0 Å². The van der Waals surface area contributed by atoms with Gasteiger partial charge in [0.05, 0.1) is 0 Å². The van der Waals surface area contributed by atoms with Gasteiger partial charge in [0.25, 0.3) is 0 Å². The van der Waals surface area contributed by atoms with Crippen LogP contribution in [-0.2, 0) is 20.4 Å². The summed E-state index contributed by atoms with van der Waals surface area (Å²) in [5, 5.41) is 0. The first-order valence-electron chi connectivity index (χ1n) is 8.79. The largest absolute Gasteiger partial charge is 1.00 e. The summed E-state index contributed by atoms with van der Waals surface area (Å²) in [5.41, 5.74) is 8.27. The van der Waals surface area contributed by atoms with E-state index in [9.17, 15) is 0 Å². The van der Waals surface area contributed by atoms with E-state index in [0.717, 1.165) is 0 Å². The summed E-state index contributed by atoms with van der Waals surface area (Å²) in [6, 6.07) is 26.9. The zero-order chi connectivity index (χ0) is 17.4. The Hall–Kier alpha value is -1.02. The van der Waals surface area contributed by atoms with Crippen molar-refractivity contribution in [2.75, 3.05) is 0 Å². The van der Waals surface area contributed by atoms with Gasteiger partial charge in [0.2, 0.25) is 0 Å². The topological polar surface area (TPSA) is 0 Å². The first-order chi connectivity index (χ1) is 12.1. The van der Waals surface area contributed by atoms with Crippen molar-refractivity contribution >= 4 is 6.08 Å². The second kappa shape index (κ2) is 10.7. The monoisotopic (exact) mass is 462 g/mol. The van der Waals surface area contributed by atoms with Crippen LogP contribution in [0, 0.1) is 13.8 Å². The fourth-order valence-corrected chi connectivity index (χ4v) is 4.76. The second-order valence-corrected chi connectivity index (χ2v) is 7.91. The zero-order valence-corrected chi connectivity index (χ0v) is 19.6. The first kappa shape index (κ1) is 25.0. The summed E-state index contributed by atoms with van der Waals surface area (Å²) >= 11 is 2.28. The summed E-state index contributed by atoms with van der Waals surface area (Å²) in [6.07, 6.45) is 2.36. The molecular weight excluding hydrogens is 442 g/mol. The standard InChI is InChI=1S/C24H21.3ClH.Ti/c1-17-7-5-10-20(15-17)24(21-11-6-8-18(2)16-21)23-14-13-19-9-3-4-12-22(19)23;;;;/h3-13,15-16,23-24H,1-2H3;3*1H;/q;;;;+3/p-3. The molecule has 0 fully saturated rings. The van der Waals surface area contributed by atoms with E-state index in [1.165, 1.54) is 37.3 Å². The van der Waals surface area contributed by atoms with E-state index < -0.39 is 0 Å². The molecule has 3 aromatic rings.